The van der Waals surface area contributed by atoms with Crippen LogP contribution in [0.5, 0.6) is 0 Å². The lowest BCUT2D eigenvalue weighted by molar-refractivity contribution is 0.0963. The van der Waals surface area contributed by atoms with E-state index >= 15 is 0 Å². The van der Waals surface area contributed by atoms with Gasteiger partial charge in [-0.3, -0.25) is 14.6 Å². The average Bonchev–Trinajstić information content (AvgIpc) is 2.90. The molecule has 0 unspecified atom stereocenters. The number of carbonyl (C=O) groups excluding carboxylic acids is 1. The summed E-state index contributed by atoms with van der Waals surface area (Å²) in [5, 5.41) is 8.60. The van der Waals surface area contributed by atoms with Crippen LogP contribution < -0.4 is 10.0 Å². The number of benzene rings is 1. The van der Waals surface area contributed by atoms with Crippen LogP contribution in [-0.4, -0.2) is 31.6 Å². The third-order valence-corrected chi connectivity index (χ3v) is 3.78. The first kappa shape index (κ1) is 13.1. The summed E-state index contributed by atoms with van der Waals surface area (Å²) in [6.45, 7) is 0. The maximum absolute atomic E-state index is 12.0. The first-order valence-electron chi connectivity index (χ1n) is 5.37. The fourth-order valence-corrected chi connectivity index (χ4v) is 2.46. The predicted octanol–water partition coefficient (Wildman–Crippen LogP) is 0.570. The lowest BCUT2D eigenvalue weighted by Gasteiger charge is -2.06. The van der Waals surface area contributed by atoms with Crippen LogP contribution in [0.15, 0.2) is 41.4 Å². The van der Waals surface area contributed by atoms with Gasteiger partial charge in [-0.25, -0.2) is 8.42 Å². The lowest BCUT2D eigenvalue weighted by atomic mass is 10.2. The number of rotatable bonds is 4. The molecule has 1 aromatic carbocycles. The van der Waals surface area contributed by atoms with Gasteiger partial charge in [-0.15, -0.1) is 0 Å². The Morgan fingerprint density at radius 3 is 2.42 bits per heavy atom. The van der Waals surface area contributed by atoms with Gasteiger partial charge in [0.2, 0.25) is 0 Å². The molecule has 0 saturated heterocycles. The molecule has 1 aromatic heterocycles. The van der Waals surface area contributed by atoms with Crippen LogP contribution in [0.3, 0.4) is 0 Å². The zero-order chi connectivity index (χ0) is 13.9. The van der Waals surface area contributed by atoms with Crippen molar-refractivity contribution in [1.29, 1.82) is 0 Å². The van der Waals surface area contributed by atoms with Gasteiger partial charge in [-0.05, 0) is 24.3 Å². The van der Waals surface area contributed by atoms with Gasteiger partial charge in [-0.1, -0.05) is 0 Å². The van der Waals surface area contributed by atoms with E-state index in [9.17, 15) is 13.2 Å². The molecule has 0 spiro atoms. The van der Waals surface area contributed by atoms with Crippen molar-refractivity contribution in [3.05, 3.63) is 42.1 Å². The van der Waals surface area contributed by atoms with Crippen LogP contribution in [0, 0.1) is 0 Å². The number of anilines is 1. The lowest BCUT2D eigenvalue weighted by Crippen LogP contribution is -2.18. The fraction of sp³-hybridized carbons (Fsp3) is 0.0909. The molecule has 3 N–H and O–H groups in total. The summed E-state index contributed by atoms with van der Waals surface area (Å²) >= 11 is 0. The van der Waals surface area contributed by atoms with Gasteiger partial charge in [0, 0.05) is 18.7 Å². The van der Waals surface area contributed by atoms with Gasteiger partial charge in [0.05, 0.1) is 11.1 Å². The summed E-state index contributed by atoms with van der Waals surface area (Å²) in [4.78, 5) is 11.4. The Labute approximate surface area is 110 Å². The molecule has 0 radical (unpaired) electrons. The molecule has 0 aliphatic heterocycles. The Balaban J connectivity index is 2.24. The Hall–Kier alpha value is -2.35. The zero-order valence-corrected chi connectivity index (χ0v) is 10.9. The third kappa shape index (κ3) is 2.91. The fourth-order valence-electron chi connectivity index (χ4n) is 1.45. The standard InChI is InChI=1S/C11H12N4O3S/c1-12-11(16)8-2-4-9(5-3-8)19(17,18)15-10-6-7-13-14-10/h2-7H,1H3,(H,12,16)(H2,13,14,15). The quantitative estimate of drug-likeness (QED) is 0.761. The summed E-state index contributed by atoms with van der Waals surface area (Å²) in [5.41, 5.74) is 0.392. The van der Waals surface area contributed by atoms with Crippen LogP contribution in [0.1, 0.15) is 10.4 Å². The van der Waals surface area contributed by atoms with Crippen molar-refractivity contribution in [2.75, 3.05) is 11.8 Å². The number of H-pyrrole nitrogens is 1. The normalized spacial score (nSPS) is 11.0. The molecule has 1 heterocycles. The predicted molar refractivity (Wildman–Crippen MR) is 69.2 cm³/mol. The molecule has 7 nitrogen and oxygen atoms in total. The van der Waals surface area contributed by atoms with Gasteiger partial charge < -0.3 is 5.32 Å². The number of hydrogen-bond donors (Lipinski definition) is 3. The Kier molecular flexibility index (Phi) is 3.52. The topological polar surface area (TPSA) is 104 Å². The first-order valence-corrected chi connectivity index (χ1v) is 6.85. The van der Waals surface area contributed by atoms with Crippen LogP contribution in [0.25, 0.3) is 0 Å². The minimum Gasteiger partial charge on any atom is -0.355 e. The number of amides is 1. The van der Waals surface area contributed by atoms with Gasteiger partial charge in [0.1, 0.15) is 5.82 Å². The Morgan fingerprint density at radius 1 is 1.21 bits per heavy atom. The largest absolute Gasteiger partial charge is 0.355 e. The highest BCUT2D eigenvalue weighted by Crippen LogP contribution is 2.14. The summed E-state index contributed by atoms with van der Waals surface area (Å²) in [5.74, 6) is 0.000790. The monoisotopic (exact) mass is 280 g/mol. The maximum Gasteiger partial charge on any atom is 0.263 e. The zero-order valence-electron chi connectivity index (χ0n) is 10.0. The molecule has 19 heavy (non-hydrogen) atoms. The number of nitrogens with one attached hydrogen (secondary N) is 3. The summed E-state index contributed by atoms with van der Waals surface area (Å²) < 4.78 is 26.3. The molecule has 0 atom stereocenters. The van der Waals surface area contributed by atoms with Gasteiger partial charge >= 0.3 is 0 Å². The molecule has 2 rings (SSSR count). The van der Waals surface area contributed by atoms with E-state index < -0.39 is 10.0 Å². The maximum atomic E-state index is 12.0. The molecule has 0 aliphatic rings. The van der Waals surface area contributed by atoms with E-state index in [0.717, 1.165) is 0 Å². The Morgan fingerprint density at radius 2 is 1.89 bits per heavy atom. The van der Waals surface area contributed by atoms with E-state index in [4.69, 9.17) is 0 Å². The van der Waals surface area contributed by atoms with E-state index in [0.29, 0.717) is 5.56 Å². The molecule has 0 saturated carbocycles. The molecular formula is C11H12N4O3S. The van der Waals surface area contributed by atoms with Crippen molar-refractivity contribution < 1.29 is 13.2 Å². The summed E-state index contributed by atoms with van der Waals surface area (Å²) in [6, 6.07) is 7.11. The SMILES string of the molecule is CNC(=O)c1ccc(S(=O)(=O)Nc2ccn[nH]2)cc1. The van der Waals surface area contributed by atoms with Crippen molar-refractivity contribution in [1.82, 2.24) is 15.5 Å². The van der Waals surface area contributed by atoms with E-state index in [1.165, 1.54) is 43.6 Å². The summed E-state index contributed by atoms with van der Waals surface area (Å²) in [6.07, 6.45) is 1.44. The minimum atomic E-state index is -3.69. The van der Waals surface area contributed by atoms with Crippen molar-refractivity contribution in [3.63, 3.8) is 0 Å². The van der Waals surface area contributed by atoms with Gasteiger partial charge in [0.25, 0.3) is 15.9 Å². The van der Waals surface area contributed by atoms with Gasteiger partial charge in [0.15, 0.2) is 0 Å². The molecule has 0 fully saturated rings. The van der Waals surface area contributed by atoms with Gasteiger partial charge in [-0.2, -0.15) is 5.10 Å². The van der Waals surface area contributed by atoms with Crippen molar-refractivity contribution in [2.24, 2.45) is 0 Å². The Bertz CT molecular complexity index is 662. The second kappa shape index (κ2) is 5.11. The number of aromatic nitrogens is 2. The highest BCUT2D eigenvalue weighted by atomic mass is 32.2. The summed E-state index contributed by atoms with van der Waals surface area (Å²) in [7, 11) is -2.18. The number of hydrogen-bond acceptors (Lipinski definition) is 4. The second-order valence-electron chi connectivity index (χ2n) is 3.68. The number of carbonyl (C=O) groups is 1. The minimum absolute atomic E-state index is 0.0646. The number of aromatic amines is 1. The van der Waals surface area contributed by atoms with Crippen molar-refractivity contribution >= 4 is 21.7 Å². The van der Waals surface area contributed by atoms with Crippen molar-refractivity contribution in [3.8, 4) is 0 Å². The molecule has 1 amide bonds. The van der Waals surface area contributed by atoms with E-state index in [1.54, 1.807) is 0 Å². The molecule has 2 aromatic rings. The van der Waals surface area contributed by atoms with Crippen LogP contribution in [-0.2, 0) is 10.0 Å². The van der Waals surface area contributed by atoms with E-state index in [-0.39, 0.29) is 16.6 Å². The smallest absolute Gasteiger partial charge is 0.263 e. The first-order chi connectivity index (χ1) is 9.03. The molecular weight excluding hydrogens is 268 g/mol. The highest BCUT2D eigenvalue weighted by Gasteiger charge is 2.15. The number of sulfonamides is 1. The highest BCUT2D eigenvalue weighted by molar-refractivity contribution is 7.92. The van der Waals surface area contributed by atoms with E-state index in [2.05, 4.69) is 20.2 Å². The van der Waals surface area contributed by atoms with Crippen LogP contribution in [0.4, 0.5) is 5.82 Å². The number of nitrogens with zero attached hydrogens (tertiary/aromatic N) is 1. The third-order valence-electron chi connectivity index (χ3n) is 2.40. The second-order valence-corrected chi connectivity index (χ2v) is 5.36. The molecule has 0 bridgehead atoms. The van der Waals surface area contributed by atoms with Crippen molar-refractivity contribution in [2.45, 2.75) is 4.90 Å². The molecule has 0 aliphatic carbocycles. The molecule has 100 valence electrons. The van der Waals surface area contributed by atoms with E-state index in [1.807, 2.05) is 0 Å². The van der Waals surface area contributed by atoms with Crippen LogP contribution >= 0.6 is 0 Å². The average molecular weight is 280 g/mol. The van der Waals surface area contributed by atoms with Crippen LogP contribution in [0.2, 0.25) is 0 Å². The molecule has 8 heteroatoms.